The van der Waals surface area contributed by atoms with Crippen LogP contribution in [0.5, 0.6) is 0 Å². The normalized spacial score (nSPS) is 10.7. The molecule has 3 heteroatoms. The molecule has 0 aliphatic rings. The van der Waals surface area contributed by atoms with E-state index in [0.717, 1.165) is 24.2 Å². The van der Waals surface area contributed by atoms with E-state index in [4.69, 9.17) is 0 Å². The average Bonchev–Trinajstić information content (AvgIpc) is 2.30. The van der Waals surface area contributed by atoms with E-state index < -0.39 is 0 Å². The van der Waals surface area contributed by atoms with E-state index in [9.17, 15) is 0 Å². The first kappa shape index (κ1) is 11.6. The Labute approximate surface area is 110 Å². The summed E-state index contributed by atoms with van der Waals surface area (Å²) < 4.78 is 1.25. The predicted molar refractivity (Wildman–Crippen MR) is 78.0 cm³/mol. The molecule has 16 heavy (non-hydrogen) atoms. The Balaban J connectivity index is 2.66. The van der Waals surface area contributed by atoms with Crippen LogP contribution in [0, 0.1) is 3.57 Å². The van der Waals surface area contributed by atoms with Gasteiger partial charge in [-0.2, -0.15) is 0 Å². The van der Waals surface area contributed by atoms with Crippen molar-refractivity contribution in [2.24, 2.45) is 0 Å². The maximum Gasteiger partial charge on any atom is 0.0726 e. The van der Waals surface area contributed by atoms with Gasteiger partial charge in [-0.05, 0) is 60.2 Å². The van der Waals surface area contributed by atoms with Gasteiger partial charge in [0.25, 0.3) is 0 Å². The smallest absolute Gasteiger partial charge is 0.0726 e. The zero-order valence-corrected chi connectivity index (χ0v) is 11.7. The second-order valence-corrected chi connectivity index (χ2v) is 4.95. The molecule has 0 fully saturated rings. The highest BCUT2D eigenvalue weighted by Gasteiger charge is 2.04. The van der Waals surface area contributed by atoms with E-state index in [2.05, 4.69) is 71.0 Å². The minimum atomic E-state index is 0.938. The van der Waals surface area contributed by atoms with Crippen molar-refractivity contribution in [3.63, 3.8) is 0 Å². The fraction of sp³-hybridized carbons (Fsp3) is 0.308. The molecule has 0 saturated carbocycles. The maximum absolute atomic E-state index is 4.63. The SMILES string of the molecule is CCNc1cc(CC)nc2ccc(I)cc12. The molecule has 1 N–H and O–H groups in total. The number of aromatic nitrogens is 1. The summed E-state index contributed by atoms with van der Waals surface area (Å²) in [5, 5.41) is 4.62. The van der Waals surface area contributed by atoms with Crippen molar-refractivity contribution in [1.29, 1.82) is 0 Å². The highest BCUT2D eigenvalue weighted by atomic mass is 127. The van der Waals surface area contributed by atoms with Crippen molar-refractivity contribution in [1.82, 2.24) is 4.98 Å². The van der Waals surface area contributed by atoms with Gasteiger partial charge in [-0.25, -0.2) is 0 Å². The summed E-state index contributed by atoms with van der Waals surface area (Å²) >= 11 is 2.34. The van der Waals surface area contributed by atoms with E-state index in [1.807, 2.05) is 0 Å². The lowest BCUT2D eigenvalue weighted by Gasteiger charge is -2.10. The fourth-order valence-corrected chi connectivity index (χ4v) is 2.26. The van der Waals surface area contributed by atoms with Crippen molar-refractivity contribution >= 4 is 39.2 Å². The highest BCUT2D eigenvalue weighted by Crippen LogP contribution is 2.25. The minimum Gasteiger partial charge on any atom is -0.385 e. The van der Waals surface area contributed by atoms with Crippen LogP contribution < -0.4 is 5.32 Å². The fourth-order valence-electron chi connectivity index (χ4n) is 1.77. The van der Waals surface area contributed by atoms with Crippen molar-refractivity contribution in [2.45, 2.75) is 20.3 Å². The van der Waals surface area contributed by atoms with Crippen molar-refractivity contribution < 1.29 is 0 Å². The lowest BCUT2D eigenvalue weighted by Crippen LogP contribution is -2.00. The zero-order valence-electron chi connectivity index (χ0n) is 9.55. The molecule has 0 radical (unpaired) electrons. The van der Waals surface area contributed by atoms with Gasteiger partial charge in [-0.15, -0.1) is 0 Å². The summed E-state index contributed by atoms with van der Waals surface area (Å²) in [5.74, 6) is 0. The number of hydrogen-bond acceptors (Lipinski definition) is 2. The summed E-state index contributed by atoms with van der Waals surface area (Å²) in [6, 6.07) is 8.53. The lowest BCUT2D eigenvalue weighted by atomic mass is 10.1. The van der Waals surface area contributed by atoms with Crippen LogP contribution in [0.15, 0.2) is 24.3 Å². The highest BCUT2D eigenvalue weighted by molar-refractivity contribution is 14.1. The van der Waals surface area contributed by atoms with Crippen LogP contribution in [0.1, 0.15) is 19.5 Å². The molecule has 0 saturated heterocycles. The third kappa shape index (κ3) is 2.29. The molecule has 2 rings (SSSR count). The van der Waals surface area contributed by atoms with Crippen LogP contribution in [-0.2, 0) is 6.42 Å². The Morgan fingerprint density at radius 2 is 2.06 bits per heavy atom. The summed E-state index contributed by atoms with van der Waals surface area (Å²) in [4.78, 5) is 4.63. The van der Waals surface area contributed by atoms with Gasteiger partial charge in [0.05, 0.1) is 5.52 Å². The Bertz CT molecular complexity index is 509. The number of hydrogen-bond donors (Lipinski definition) is 1. The molecule has 0 spiro atoms. The Kier molecular flexibility index (Phi) is 3.63. The van der Waals surface area contributed by atoms with E-state index in [-0.39, 0.29) is 0 Å². The second-order valence-electron chi connectivity index (χ2n) is 3.71. The van der Waals surface area contributed by atoms with Crippen molar-refractivity contribution in [2.75, 3.05) is 11.9 Å². The molecule has 0 bridgehead atoms. The third-order valence-corrected chi connectivity index (χ3v) is 3.22. The van der Waals surface area contributed by atoms with Gasteiger partial charge in [0.1, 0.15) is 0 Å². The lowest BCUT2D eigenvalue weighted by molar-refractivity contribution is 1.05. The molecule has 0 aliphatic carbocycles. The molecule has 84 valence electrons. The van der Waals surface area contributed by atoms with Gasteiger partial charge in [0.15, 0.2) is 0 Å². The largest absolute Gasteiger partial charge is 0.385 e. The summed E-state index contributed by atoms with van der Waals surface area (Å²) in [6.07, 6.45) is 0.973. The van der Waals surface area contributed by atoms with Crippen LogP contribution in [0.2, 0.25) is 0 Å². The number of nitrogens with zero attached hydrogens (tertiary/aromatic N) is 1. The number of aryl methyl sites for hydroxylation is 1. The van der Waals surface area contributed by atoms with Crippen LogP contribution in [0.4, 0.5) is 5.69 Å². The molecule has 2 nitrogen and oxygen atoms in total. The monoisotopic (exact) mass is 326 g/mol. The Morgan fingerprint density at radius 3 is 2.75 bits per heavy atom. The first-order chi connectivity index (χ1) is 7.74. The quantitative estimate of drug-likeness (QED) is 0.867. The van der Waals surface area contributed by atoms with Crippen LogP contribution in [0.25, 0.3) is 10.9 Å². The maximum atomic E-state index is 4.63. The van der Waals surface area contributed by atoms with E-state index in [0.29, 0.717) is 0 Å². The first-order valence-electron chi connectivity index (χ1n) is 5.57. The van der Waals surface area contributed by atoms with Crippen molar-refractivity contribution in [3.05, 3.63) is 33.5 Å². The van der Waals surface area contributed by atoms with E-state index in [1.54, 1.807) is 0 Å². The Morgan fingerprint density at radius 1 is 1.25 bits per heavy atom. The molecule has 2 aromatic rings. The van der Waals surface area contributed by atoms with Crippen LogP contribution in [-0.4, -0.2) is 11.5 Å². The van der Waals surface area contributed by atoms with Gasteiger partial charge in [0.2, 0.25) is 0 Å². The van der Waals surface area contributed by atoms with Gasteiger partial charge in [0, 0.05) is 26.9 Å². The second kappa shape index (κ2) is 4.99. The molecule has 0 amide bonds. The third-order valence-electron chi connectivity index (χ3n) is 2.55. The average molecular weight is 326 g/mol. The Hall–Kier alpha value is -0.840. The number of halogens is 1. The summed E-state index contributed by atoms with van der Waals surface area (Å²) in [6.45, 7) is 5.19. The number of rotatable bonds is 3. The van der Waals surface area contributed by atoms with E-state index >= 15 is 0 Å². The molecule has 1 heterocycles. The first-order valence-corrected chi connectivity index (χ1v) is 6.65. The minimum absolute atomic E-state index is 0.938. The standard InChI is InChI=1S/C13H15IN2/c1-3-10-8-13(15-4-2)11-7-9(14)5-6-12(11)16-10/h5-8H,3-4H2,1-2H3,(H,15,16). The number of nitrogens with one attached hydrogen (secondary N) is 1. The number of pyridine rings is 1. The summed E-state index contributed by atoms with van der Waals surface area (Å²) in [5.41, 5.74) is 3.42. The summed E-state index contributed by atoms with van der Waals surface area (Å²) in [7, 11) is 0. The molecule has 1 aromatic carbocycles. The number of anilines is 1. The van der Waals surface area contributed by atoms with Crippen molar-refractivity contribution in [3.8, 4) is 0 Å². The number of benzene rings is 1. The predicted octanol–water partition coefficient (Wildman–Crippen LogP) is 3.83. The van der Waals surface area contributed by atoms with Gasteiger partial charge < -0.3 is 5.32 Å². The van der Waals surface area contributed by atoms with Crippen LogP contribution >= 0.6 is 22.6 Å². The van der Waals surface area contributed by atoms with E-state index in [1.165, 1.54) is 14.6 Å². The molecular weight excluding hydrogens is 311 g/mol. The van der Waals surface area contributed by atoms with Gasteiger partial charge in [-0.3, -0.25) is 4.98 Å². The molecule has 0 atom stereocenters. The zero-order chi connectivity index (χ0) is 11.5. The van der Waals surface area contributed by atoms with Gasteiger partial charge >= 0.3 is 0 Å². The topological polar surface area (TPSA) is 24.9 Å². The van der Waals surface area contributed by atoms with Gasteiger partial charge in [-0.1, -0.05) is 6.92 Å². The molecular formula is C13H15IN2. The number of fused-ring (bicyclic) bond motifs is 1. The molecule has 1 aromatic heterocycles. The van der Waals surface area contributed by atoms with Crippen LogP contribution in [0.3, 0.4) is 0 Å². The molecule has 0 aliphatic heterocycles. The molecule has 0 unspecified atom stereocenters.